The first-order valence-corrected chi connectivity index (χ1v) is 19.3. The lowest BCUT2D eigenvalue weighted by Crippen LogP contribution is -2.28. The third-order valence-corrected chi connectivity index (χ3v) is 10.4. The van der Waals surface area contributed by atoms with Gasteiger partial charge in [0.2, 0.25) is 11.6 Å². The lowest BCUT2D eigenvalue weighted by molar-refractivity contribution is 0.0672. The highest BCUT2D eigenvalue weighted by Crippen LogP contribution is 2.33. The predicted molar refractivity (Wildman–Crippen MR) is 202 cm³/mol. The van der Waals surface area contributed by atoms with Gasteiger partial charge in [-0.15, -0.1) is 0 Å². The molecule has 0 spiro atoms. The number of hydrogen-bond acceptors (Lipinski definition) is 13. The van der Waals surface area contributed by atoms with Crippen molar-refractivity contribution in [2.75, 3.05) is 21.5 Å². The van der Waals surface area contributed by atoms with Crippen LogP contribution >= 0.6 is 0 Å². The first-order chi connectivity index (χ1) is 29.7. The van der Waals surface area contributed by atoms with Gasteiger partial charge in [0.1, 0.15) is 32.3 Å². The molecule has 0 bridgehead atoms. The largest absolute Gasteiger partial charge is 0.477 e. The molecule has 2 aliphatic rings. The number of rotatable bonds is 10. The molecule has 0 heterocycles. The summed E-state index contributed by atoms with van der Waals surface area (Å²) in [5, 5.41) is 28.6. The molecule has 8 N–H and O–H groups in total. The molecular weight excluding hydrogens is 929 g/mol. The van der Waals surface area contributed by atoms with Gasteiger partial charge in [0.25, 0.3) is 20.2 Å². The van der Waals surface area contributed by atoms with Crippen LogP contribution < -0.4 is 21.5 Å². The molecule has 0 aliphatic heterocycles. The molecule has 4 aromatic carbocycles. The van der Waals surface area contributed by atoms with Gasteiger partial charge in [-0.3, -0.25) is 29.5 Å². The fourth-order valence-corrected chi connectivity index (χ4v) is 7.11. The average Bonchev–Trinajstić information content (AvgIpc) is 3.19. The summed E-state index contributed by atoms with van der Waals surface area (Å²) in [5.74, 6) is -26.5. The molecule has 0 saturated heterocycles. The number of nitrogens with one attached hydrogen (secondary N) is 4. The van der Waals surface area contributed by atoms with E-state index in [9.17, 15) is 85.0 Å². The van der Waals surface area contributed by atoms with Crippen molar-refractivity contribution in [3.8, 4) is 0 Å². The number of ketones is 2. The number of benzene rings is 4. The maximum absolute atomic E-state index is 14.5. The zero-order valence-corrected chi connectivity index (χ0v) is 31.9. The fraction of sp³-hybridized carbons (Fsp3) is 0. The fourth-order valence-electron chi connectivity index (χ4n) is 5.79. The van der Waals surface area contributed by atoms with Crippen molar-refractivity contribution in [1.82, 2.24) is 0 Å². The zero-order valence-electron chi connectivity index (χ0n) is 30.3. The Balaban J connectivity index is 1.25. The Morgan fingerprint density at radius 1 is 0.516 bits per heavy atom. The molecule has 2 amide bonds. The summed E-state index contributed by atoms with van der Waals surface area (Å²) in [4.78, 5) is 58.9. The van der Waals surface area contributed by atoms with Crippen molar-refractivity contribution < 1.29 is 95.3 Å². The molecule has 6 rings (SSSR count). The molecule has 0 saturated carbocycles. The Morgan fingerprint density at radius 2 is 0.828 bits per heavy atom. The lowest BCUT2D eigenvalue weighted by Gasteiger charge is -2.18. The number of urea groups is 1. The Bertz CT molecular complexity index is 2960. The standard InChI is InChI=1S/C35H16F8N6O13S2/c36-19-17(33(52)53)20(37)24(41)29(23(19)40)48-46-27-15(63(57,58)59)7-9-5-11(1-3-13(9)31(27)50)44-35(56)45-12-2-4-14-10(6-12)8-16(64(60,61)62)28(32(14)51)47-49-30-25(42)21(38)18(34(54)55)22(39)26(30)43/h1-8,48-49H,(H,52,53)(H,54,55)(H2,44,45,56)(H,57,58,59)(H,60,61,62). The Kier molecular flexibility index (Phi) is 11.7. The minimum Gasteiger partial charge on any atom is -0.477 e. The number of hydrogen-bond donors (Lipinski definition) is 8. The van der Waals surface area contributed by atoms with Crippen LogP contribution in [0.1, 0.15) is 52.6 Å². The van der Waals surface area contributed by atoms with Crippen molar-refractivity contribution in [2.24, 2.45) is 10.2 Å². The molecule has 332 valence electrons. The van der Waals surface area contributed by atoms with Gasteiger partial charge in [0.15, 0.2) is 58.0 Å². The van der Waals surface area contributed by atoms with Crippen LogP contribution in [0.25, 0.3) is 12.2 Å². The monoisotopic (exact) mass is 944 g/mol. The van der Waals surface area contributed by atoms with Crippen LogP contribution in [0.2, 0.25) is 0 Å². The van der Waals surface area contributed by atoms with E-state index in [1.165, 1.54) is 10.9 Å². The second kappa shape index (κ2) is 16.4. The molecule has 0 atom stereocenters. The van der Waals surface area contributed by atoms with Gasteiger partial charge in [0.05, 0.1) is 0 Å². The summed E-state index contributed by atoms with van der Waals surface area (Å²) in [5.41, 5.74) is -9.44. The van der Waals surface area contributed by atoms with E-state index in [-0.39, 0.29) is 22.5 Å². The number of carbonyl (C=O) groups excluding carboxylic acids is 3. The number of carboxylic acids is 2. The van der Waals surface area contributed by atoms with Crippen LogP contribution in [0.4, 0.5) is 62.7 Å². The first-order valence-electron chi connectivity index (χ1n) is 16.4. The van der Waals surface area contributed by atoms with Gasteiger partial charge in [-0.2, -0.15) is 27.0 Å². The van der Waals surface area contributed by atoms with E-state index in [0.29, 0.717) is 12.2 Å². The Morgan fingerprint density at radius 3 is 1.11 bits per heavy atom. The van der Waals surface area contributed by atoms with Crippen LogP contribution in [0.15, 0.2) is 56.4 Å². The summed E-state index contributed by atoms with van der Waals surface area (Å²) in [6.07, 6.45) is 1.17. The number of amides is 2. The minimum atomic E-state index is -5.45. The summed E-state index contributed by atoms with van der Waals surface area (Å²) in [7, 11) is -10.9. The second-order valence-corrected chi connectivity index (χ2v) is 15.4. The summed E-state index contributed by atoms with van der Waals surface area (Å²) in [6.45, 7) is 0. The van der Waals surface area contributed by atoms with Crippen molar-refractivity contribution in [1.29, 1.82) is 0 Å². The molecule has 2 aliphatic carbocycles. The summed E-state index contributed by atoms with van der Waals surface area (Å²) < 4.78 is 183. The topological polar surface area (TPSA) is 307 Å². The molecule has 0 unspecified atom stereocenters. The number of nitrogens with zero attached hydrogens (tertiary/aromatic N) is 2. The number of anilines is 4. The molecular formula is C35H16F8N6O13S2. The molecule has 0 radical (unpaired) electrons. The first kappa shape index (κ1) is 45.6. The molecule has 0 aromatic heterocycles. The van der Waals surface area contributed by atoms with Crippen LogP contribution in [-0.4, -0.2) is 77.1 Å². The van der Waals surface area contributed by atoms with Crippen molar-refractivity contribution in [3.63, 3.8) is 0 Å². The maximum Gasteiger partial charge on any atom is 0.341 e. The van der Waals surface area contributed by atoms with Crippen LogP contribution in [0.5, 0.6) is 0 Å². The Labute approximate surface area is 348 Å². The maximum atomic E-state index is 14.5. The number of hydrazone groups is 2. The lowest BCUT2D eigenvalue weighted by atomic mass is 9.94. The Hall–Kier alpha value is -7.89. The molecule has 0 fully saturated rings. The zero-order chi connectivity index (χ0) is 47.5. The van der Waals surface area contributed by atoms with Crippen molar-refractivity contribution in [2.45, 2.75) is 0 Å². The summed E-state index contributed by atoms with van der Waals surface area (Å²) in [6, 6.07) is 4.75. The second-order valence-electron chi connectivity index (χ2n) is 12.6. The van der Waals surface area contributed by atoms with Crippen LogP contribution in [-0.2, 0) is 20.2 Å². The highest BCUT2D eigenvalue weighted by atomic mass is 32.2. The SMILES string of the molecule is O=C(Nc1ccc2c(c1)C=C(S(=O)(=O)O)C(=NNc1c(F)c(F)c(C(=O)O)c(F)c1F)C2=O)Nc1ccc2c(c1)C=C(S(=O)(=O)O)C(=NNc1c(F)c(F)c(C(=O)O)c(F)c1F)C2=O. The van der Waals surface area contributed by atoms with Crippen molar-refractivity contribution in [3.05, 3.63) is 126 Å². The number of carbonyl (C=O) groups is 5. The summed E-state index contributed by atoms with van der Waals surface area (Å²) >= 11 is 0. The minimum absolute atomic E-state index is 0.220. The average molecular weight is 945 g/mol. The number of allylic oxidation sites excluding steroid dienone is 2. The molecule has 4 aromatic rings. The van der Waals surface area contributed by atoms with Gasteiger partial charge in [0, 0.05) is 22.5 Å². The number of carboxylic acid groups (broad SMARTS) is 2. The highest BCUT2D eigenvalue weighted by Gasteiger charge is 2.36. The van der Waals surface area contributed by atoms with Crippen LogP contribution in [0, 0.1) is 46.5 Å². The van der Waals surface area contributed by atoms with Gasteiger partial charge in [-0.1, -0.05) is 0 Å². The number of halogens is 8. The van der Waals surface area contributed by atoms with Gasteiger partial charge in [-0.25, -0.2) is 49.5 Å². The van der Waals surface area contributed by atoms with E-state index >= 15 is 0 Å². The van der Waals surface area contributed by atoms with E-state index in [0.717, 1.165) is 36.4 Å². The third-order valence-electron chi connectivity index (χ3n) is 8.65. The number of fused-ring (bicyclic) bond motifs is 2. The third kappa shape index (κ3) is 8.24. The van der Waals surface area contributed by atoms with Gasteiger partial charge < -0.3 is 20.8 Å². The normalized spacial score (nSPS) is 15.0. The van der Waals surface area contributed by atoms with E-state index in [1.54, 1.807) is 0 Å². The molecule has 29 heteroatoms. The van der Waals surface area contributed by atoms with E-state index in [2.05, 4.69) is 20.8 Å². The quantitative estimate of drug-likeness (QED) is 0.0414. The van der Waals surface area contributed by atoms with E-state index in [1.807, 2.05) is 0 Å². The predicted octanol–water partition coefficient (Wildman–Crippen LogP) is 5.63. The number of aromatic carboxylic acids is 2. The van der Waals surface area contributed by atoms with Crippen molar-refractivity contribution >= 4 is 96.1 Å². The molecule has 19 nitrogen and oxygen atoms in total. The molecule has 64 heavy (non-hydrogen) atoms. The smallest absolute Gasteiger partial charge is 0.341 e. The van der Waals surface area contributed by atoms with Gasteiger partial charge in [-0.05, 0) is 59.7 Å². The van der Waals surface area contributed by atoms with E-state index < -0.39 is 151 Å². The highest BCUT2D eigenvalue weighted by molar-refractivity contribution is 7.91. The van der Waals surface area contributed by atoms with E-state index in [4.69, 9.17) is 10.2 Å². The van der Waals surface area contributed by atoms with Crippen LogP contribution in [0.3, 0.4) is 0 Å². The van der Waals surface area contributed by atoms with Gasteiger partial charge >= 0.3 is 18.0 Å². The number of Topliss-reactive ketones (excluding diaryl/α,β-unsaturated/α-hetero) is 2.